The standard InChI is InChI=1S/C30H47NO3/c1-5-6-7-8-9-10-11-12-13-16-23-31-29(32)27-20-14-15-21-28(27)30(33)34-24-22-26(4)19-17-18-25(2)3/h14-15,18,20-22H,5-13,16-17,19,23-24H2,1-4H3,(H,31,32)/b26-22+. The fourth-order valence-electron chi connectivity index (χ4n) is 3.80. The molecule has 0 atom stereocenters. The molecule has 0 heterocycles. The van der Waals surface area contributed by atoms with Gasteiger partial charge >= 0.3 is 5.97 Å². The quantitative estimate of drug-likeness (QED) is 0.134. The Kier molecular flexibility index (Phi) is 16.6. The third-order valence-electron chi connectivity index (χ3n) is 5.94. The molecule has 0 spiro atoms. The molecule has 1 aromatic rings. The zero-order valence-corrected chi connectivity index (χ0v) is 22.1. The Labute approximate surface area is 208 Å². The van der Waals surface area contributed by atoms with Crippen LogP contribution in [0.2, 0.25) is 0 Å². The summed E-state index contributed by atoms with van der Waals surface area (Å²) in [7, 11) is 0. The smallest absolute Gasteiger partial charge is 0.339 e. The highest BCUT2D eigenvalue weighted by Crippen LogP contribution is 2.13. The lowest BCUT2D eigenvalue weighted by Crippen LogP contribution is -2.26. The molecule has 0 aromatic heterocycles. The van der Waals surface area contributed by atoms with Crippen LogP contribution in [0.3, 0.4) is 0 Å². The topological polar surface area (TPSA) is 55.4 Å². The lowest BCUT2D eigenvalue weighted by atomic mass is 10.1. The van der Waals surface area contributed by atoms with Gasteiger partial charge in [0.2, 0.25) is 0 Å². The molecule has 0 aliphatic carbocycles. The molecule has 0 radical (unpaired) electrons. The van der Waals surface area contributed by atoms with Crippen LogP contribution in [0, 0.1) is 0 Å². The van der Waals surface area contributed by atoms with E-state index in [1.165, 1.54) is 62.5 Å². The first-order chi connectivity index (χ1) is 16.5. The van der Waals surface area contributed by atoms with Crippen LogP contribution in [-0.2, 0) is 4.74 Å². The molecule has 0 saturated heterocycles. The molecule has 4 nitrogen and oxygen atoms in total. The summed E-state index contributed by atoms with van der Waals surface area (Å²) in [5.41, 5.74) is 3.19. The number of amides is 1. The van der Waals surface area contributed by atoms with Crippen molar-refractivity contribution in [2.45, 2.75) is 105 Å². The van der Waals surface area contributed by atoms with Crippen LogP contribution >= 0.6 is 0 Å². The van der Waals surface area contributed by atoms with Gasteiger partial charge in [-0.05, 0) is 58.2 Å². The van der Waals surface area contributed by atoms with E-state index in [0.29, 0.717) is 17.7 Å². The molecule has 0 aliphatic heterocycles. The first kappa shape index (κ1) is 29.7. The summed E-state index contributed by atoms with van der Waals surface area (Å²) >= 11 is 0. The lowest BCUT2D eigenvalue weighted by molar-refractivity contribution is 0.0545. The van der Waals surface area contributed by atoms with E-state index in [2.05, 4.69) is 32.2 Å². The second-order valence-corrected chi connectivity index (χ2v) is 9.45. The van der Waals surface area contributed by atoms with Gasteiger partial charge in [-0.1, -0.05) is 94.1 Å². The predicted octanol–water partition coefficient (Wildman–Crippen LogP) is 8.19. The molecule has 1 N–H and O–H groups in total. The SMILES string of the molecule is CCCCCCCCCCCCNC(=O)c1ccccc1C(=O)OC/C=C(\C)CCC=C(C)C. The van der Waals surface area contributed by atoms with Crippen LogP contribution in [0.25, 0.3) is 0 Å². The number of ether oxygens (including phenoxy) is 1. The molecule has 0 saturated carbocycles. The van der Waals surface area contributed by atoms with Gasteiger partial charge in [0.15, 0.2) is 0 Å². The fourth-order valence-corrected chi connectivity index (χ4v) is 3.80. The molecule has 1 amide bonds. The van der Waals surface area contributed by atoms with Crippen LogP contribution in [0.1, 0.15) is 125 Å². The zero-order chi connectivity index (χ0) is 25.0. The Balaban J connectivity index is 2.34. The summed E-state index contributed by atoms with van der Waals surface area (Å²) in [5.74, 6) is -0.671. The van der Waals surface area contributed by atoms with Gasteiger partial charge in [-0.2, -0.15) is 0 Å². The van der Waals surface area contributed by atoms with E-state index in [4.69, 9.17) is 4.74 Å². The Morgan fingerprint density at radius 2 is 1.41 bits per heavy atom. The minimum atomic E-state index is -0.460. The minimum absolute atomic E-state index is 0.211. The third kappa shape index (κ3) is 14.0. The Bertz CT molecular complexity index is 775. The number of hydrogen-bond donors (Lipinski definition) is 1. The summed E-state index contributed by atoms with van der Waals surface area (Å²) in [4.78, 5) is 25.2. The first-order valence-electron chi connectivity index (χ1n) is 13.3. The van der Waals surface area contributed by atoms with Crippen LogP contribution in [0.4, 0.5) is 0 Å². The van der Waals surface area contributed by atoms with Gasteiger partial charge in [0.1, 0.15) is 6.61 Å². The second-order valence-electron chi connectivity index (χ2n) is 9.45. The number of unbranched alkanes of at least 4 members (excludes halogenated alkanes) is 9. The number of nitrogens with one attached hydrogen (secondary N) is 1. The van der Waals surface area contributed by atoms with Gasteiger partial charge in [-0.25, -0.2) is 4.79 Å². The van der Waals surface area contributed by atoms with E-state index in [-0.39, 0.29) is 12.5 Å². The summed E-state index contributed by atoms with van der Waals surface area (Å²) < 4.78 is 5.42. The van der Waals surface area contributed by atoms with E-state index in [9.17, 15) is 9.59 Å². The lowest BCUT2D eigenvalue weighted by Gasteiger charge is -2.10. The summed E-state index contributed by atoms with van der Waals surface area (Å²) in [6.45, 7) is 9.32. The van der Waals surface area contributed by atoms with Crippen molar-refractivity contribution in [2.75, 3.05) is 13.2 Å². The van der Waals surface area contributed by atoms with Gasteiger partial charge in [0, 0.05) is 6.54 Å². The average molecular weight is 470 g/mol. The summed E-state index contributed by atoms with van der Waals surface area (Å²) in [6.07, 6.45) is 18.7. The molecule has 190 valence electrons. The molecule has 0 unspecified atom stereocenters. The molecule has 0 fully saturated rings. The molecule has 0 bridgehead atoms. The maximum absolute atomic E-state index is 12.6. The van der Waals surface area contributed by atoms with E-state index in [1.807, 2.05) is 13.0 Å². The van der Waals surface area contributed by atoms with E-state index in [1.54, 1.807) is 24.3 Å². The molecule has 0 aliphatic rings. The highest BCUT2D eigenvalue weighted by atomic mass is 16.5. The number of esters is 1. The number of carbonyl (C=O) groups excluding carboxylic acids is 2. The Morgan fingerprint density at radius 3 is 2.03 bits per heavy atom. The van der Waals surface area contributed by atoms with E-state index >= 15 is 0 Å². The first-order valence-corrected chi connectivity index (χ1v) is 13.3. The monoisotopic (exact) mass is 469 g/mol. The fraction of sp³-hybridized carbons (Fsp3) is 0.600. The third-order valence-corrected chi connectivity index (χ3v) is 5.94. The van der Waals surface area contributed by atoms with Crippen LogP contribution in [0.5, 0.6) is 0 Å². The van der Waals surface area contributed by atoms with Crippen LogP contribution < -0.4 is 5.32 Å². The minimum Gasteiger partial charge on any atom is -0.458 e. The van der Waals surface area contributed by atoms with Gasteiger partial charge in [-0.3, -0.25) is 4.79 Å². The van der Waals surface area contributed by atoms with Gasteiger partial charge in [-0.15, -0.1) is 0 Å². The van der Waals surface area contributed by atoms with Crippen molar-refractivity contribution in [3.05, 3.63) is 58.7 Å². The maximum atomic E-state index is 12.6. The highest BCUT2D eigenvalue weighted by molar-refractivity contribution is 6.05. The Hall–Kier alpha value is -2.36. The molecule has 1 aromatic carbocycles. The largest absolute Gasteiger partial charge is 0.458 e. The number of benzene rings is 1. The van der Waals surface area contributed by atoms with Crippen molar-refractivity contribution in [3.8, 4) is 0 Å². The Morgan fingerprint density at radius 1 is 0.824 bits per heavy atom. The van der Waals surface area contributed by atoms with Crippen LogP contribution in [-0.4, -0.2) is 25.0 Å². The number of rotatable bonds is 18. The van der Waals surface area contributed by atoms with Gasteiger partial charge in [0.25, 0.3) is 5.91 Å². The molecular weight excluding hydrogens is 422 g/mol. The highest BCUT2D eigenvalue weighted by Gasteiger charge is 2.17. The molecule has 4 heteroatoms. The molecular formula is C30H47NO3. The predicted molar refractivity (Wildman–Crippen MR) is 143 cm³/mol. The average Bonchev–Trinajstić information content (AvgIpc) is 2.82. The summed E-state index contributed by atoms with van der Waals surface area (Å²) in [6, 6.07) is 6.88. The normalized spacial score (nSPS) is 11.2. The second kappa shape index (κ2) is 19.0. The maximum Gasteiger partial charge on any atom is 0.339 e. The van der Waals surface area contributed by atoms with Crippen molar-refractivity contribution in [2.24, 2.45) is 0 Å². The number of hydrogen-bond acceptors (Lipinski definition) is 3. The van der Waals surface area contributed by atoms with Gasteiger partial charge in [0.05, 0.1) is 11.1 Å². The van der Waals surface area contributed by atoms with Crippen molar-refractivity contribution in [1.29, 1.82) is 0 Å². The van der Waals surface area contributed by atoms with Crippen LogP contribution in [0.15, 0.2) is 47.6 Å². The molecule has 34 heavy (non-hydrogen) atoms. The van der Waals surface area contributed by atoms with Crippen molar-refractivity contribution >= 4 is 11.9 Å². The van der Waals surface area contributed by atoms with E-state index in [0.717, 1.165) is 25.7 Å². The number of carbonyl (C=O) groups is 2. The van der Waals surface area contributed by atoms with Crippen molar-refractivity contribution in [3.63, 3.8) is 0 Å². The van der Waals surface area contributed by atoms with Gasteiger partial charge < -0.3 is 10.1 Å². The van der Waals surface area contributed by atoms with E-state index < -0.39 is 5.97 Å². The zero-order valence-electron chi connectivity index (χ0n) is 22.1. The molecule has 1 rings (SSSR count). The number of allylic oxidation sites excluding steroid dienone is 3. The van der Waals surface area contributed by atoms with Crippen molar-refractivity contribution < 1.29 is 14.3 Å². The summed E-state index contributed by atoms with van der Waals surface area (Å²) in [5, 5.41) is 2.96. The van der Waals surface area contributed by atoms with Crippen molar-refractivity contribution in [1.82, 2.24) is 5.32 Å².